The Bertz CT molecular complexity index is 952. The minimum absolute atomic E-state index is 0. The molecule has 0 fully saturated rings. The van der Waals surface area contributed by atoms with Crippen LogP contribution in [0.2, 0.25) is 0 Å². The largest absolute Gasteiger partial charge is 0.377 e. The Kier molecular flexibility index (Phi) is 10.1. The number of aliphatic imine (C=N–C) groups is 1. The summed E-state index contributed by atoms with van der Waals surface area (Å²) >= 11 is 0. The molecule has 2 aromatic heterocycles. The van der Waals surface area contributed by atoms with Gasteiger partial charge in [0.15, 0.2) is 11.8 Å². The molecule has 3 N–H and O–H groups in total. The number of pyridine rings is 1. The molecule has 13 heteroatoms. The van der Waals surface area contributed by atoms with Crippen molar-refractivity contribution in [3.63, 3.8) is 0 Å². The van der Waals surface area contributed by atoms with Gasteiger partial charge in [-0.2, -0.15) is 5.10 Å². The van der Waals surface area contributed by atoms with Crippen LogP contribution in [0, 0.1) is 0 Å². The lowest BCUT2D eigenvalue weighted by molar-refractivity contribution is 0.177. The van der Waals surface area contributed by atoms with Crippen molar-refractivity contribution in [1.82, 2.24) is 35.1 Å². The number of rotatable bonds is 9. The second kappa shape index (κ2) is 12.3. The molecule has 1 unspecified atom stereocenters. The van der Waals surface area contributed by atoms with Crippen LogP contribution in [0.3, 0.4) is 0 Å². The molecule has 1 aliphatic rings. The molecule has 0 aromatic carbocycles. The molecule has 2 aromatic rings. The molecule has 11 nitrogen and oxygen atoms in total. The zero-order valence-electron chi connectivity index (χ0n) is 17.6. The number of ether oxygens (including phenoxy) is 1. The molecule has 1 atom stereocenters. The van der Waals surface area contributed by atoms with E-state index in [-0.39, 0.29) is 41.5 Å². The summed E-state index contributed by atoms with van der Waals surface area (Å²) in [5.41, 5.74) is 0. The molecule has 3 rings (SSSR count). The van der Waals surface area contributed by atoms with Crippen LogP contribution in [-0.2, 0) is 34.3 Å². The van der Waals surface area contributed by atoms with Gasteiger partial charge in [0.1, 0.15) is 17.3 Å². The summed E-state index contributed by atoms with van der Waals surface area (Å²) in [6.45, 7) is 4.25. The van der Waals surface area contributed by atoms with Gasteiger partial charge in [0.05, 0.1) is 13.1 Å². The quantitative estimate of drug-likeness (QED) is 0.171. The third-order valence-electron chi connectivity index (χ3n) is 4.48. The summed E-state index contributed by atoms with van der Waals surface area (Å²) in [5, 5.41) is 11.1. The Morgan fingerprint density at radius 3 is 2.97 bits per heavy atom. The Morgan fingerprint density at radius 2 is 2.26 bits per heavy atom. The number of hydrogen-bond acceptors (Lipinski definition) is 7. The van der Waals surface area contributed by atoms with Gasteiger partial charge in [0.2, 0.25) is 10.0 Å². The van der Waals surface area contributed by atoms with E-state index in [1.54, 1.807) is 13.2 Å². The molecule has 0 amide bonds. The molecule has 0 radical (unpaired) electrons. The predicted molar refractivity (Wildman–Crippen MR) is 127 cm³/mol. The Morgan fingerprint density at radius 1 is 1.42 bits per heavy atom. The Hall–Kier alpha value is -1.84. The fourth-order valence-corrected chi connectivity index (χ4v) is 4.10. The number of fused-ring (bicyclic) bond motifs is 1. The maximum Gasteiger partial charge on any atom is 0.242 e. The first-order chi connectivity index (χ1) is 14.5. The topological polar surface area (TPSA) is 135 Å². The summed E-state index contributed by atoms with van der Waals surface area (Å²) in [5.74, 6) is 2.30. The number of halogens is 1. The van der Waals surface area contributed by atoms with Crippen LogP contribution in [-0.4, -0.2) is 66.9 Å². The van der Waals surface area contributed by atoms with Crippen LogP contribution in [0.25, 0.3) is 0 Å². The van der Waals surface area contributed by atoms with Crippen LogP contribution >= 0.6 is 24.0 Å². The molecule has 0 saturated heterocycles. The van der Waals surface area contributed by atoms with Crippen LogP contribution in [0.4, 0.5) is 0 Å². The van der Waals surface area contributed by atoms with Gasteiger partial charge in [0.25, 0.3) is 0 Å². The SMILES string of the molecule is CCNC(=NCCNS(=O)(=O)c1cccnc1)NC1CCc2nc(COC)nn2C1.I. The molecule has 0 saturated carbocycles. The van der Waals surface area contributed by atoms with Crippen LogP contribution in [0.15, 0.2) is 34.4 Å². The van der Waals surface area contributed by atoms with Crippen molar-refractivity contribution in [1.29, 1.82) is 0 Å². The summed E-state index contributed by atoms with van der Waals surface area (Å²) in [7, 11) is -1.96. The third-order valence-corrected chi connectivity index (χ3v) is 5.93. The van der Waals surface area contributed by atoms with Gasteiger partial charge < -0.3 is 15.4 Å². The van der Waals surface area contributed by atoms with Crippen molar-refractivity contribution < 1.29 is 13.2 Å². The van der Waals surface area contributed by atoms with Crippen LogP contribution in [0.5, 0.6) is 0 Å². The molecule has 0 bridgehead atoms. The van der Waals surface area contributed by atoms with Crippen LogP contribution < -0.4 is 15.4 Å². The van der Waals surface area contributed by atoms with Crippen molar-refractivity contribution in [2.24, 2.45) is 4.99 Å². The first-order valence-corrected chi connectivity index (χ1v) is 11.4. The second-order valence-corrected chi connectivity index (χ2v) is 8.55. The van der Waals surface area contributed by atoms with Gasteiger partial charge in [-0.1, -0.05) is 0 Å². The molecular weight excluding hydrogens is 535 g/mol. The number of methoxy groups -OCH3 is 1. The number of sulfonamides is 1. The van der Waals surface area contributed by atoms with Crippen molar-refractivity contribution in [3.05, 3.63) is 36.2 Å². The first kappa shape index (κ1) is 25.4. The molecule has 3 heterocycles. The van der Waals surface area contributed by atoms with E-state index in [1.165, 1.54) is 18.5 Å². The summed E-state index contributed by atoms with van der Waals surface area (Å²) in [6.07, 6.45) is 4.57. The predicted octanol–water partition coefficient (Wildman–Crippen LogP) is 0.286. The monoisotopic (exact) mass is 564 g/mol. The summed E-state index contributed by atoms with van der Waals surface area (Å²) in [4.78, 5) is 12.9. The number of nitrogens with one attached hydrogen (secondary N) is 3. The highest BCUT2D eigenvalue weighted by Crippen LogP contribution is 2.13. The average molecular weight is 564 g/mol. The highest BCUT2D eigenvalue weighted by molar-refractivity contribution is 14.0. The second-order valence-electron chi connectivity index (χ2n) is 6.79. The maximum absolute atomic E-state index is 12.2. The molecule has 172 valence electrons. The minimum Gasteiger partial charge on any atom is -0.377 e. The maximum atomic E-state index is 12.2. The van der Waals surface area contributed by atoms with Crippen molar-refractivity contribution in [3.8, 4) is 0 Å². The smallest absolute Gasteiger partial charge is 0.242 e. The van der Waals surface area contributed by atoms with E-state index >= 15 is 0 Å². The molecule has 31 heavy (non-hydrogen) atoms. The van der Waals surface area contributed by atoms with Gasteiger partial charge in [-0.05, 0) is 25.5 Å². The third kappa shape index (κ3) is 7.36. The van der Waals surface area contributed by atoms with Crippen molar-refractivity contribution in [2.45, 2.75) is 43.9 Å². The minimum atomic E-state index is -3.58. The highest BCUT2D eigenvalue weighted by Gasteiger charge is 2.22. The average Bonchev–Trinajstić information content (AvgIpc) is 3.14. The molecular formula is C18H29IN8O3S. The zero-order chi connectivity index (χ0) is 21.4. The molecule has 1 aliphatic heterocycles. The van der Waals surface area contributed by atoms with E-state index in [0.717, 1.165) is 18.7 Å². The van der Waals surface area contributed by atoms with E-state index in [1.807, 2.05) is 11.6 Å². The molecule has 0 aliphatic carbocycles. The lowest BCUT2D eigenvalue weighted by atomic mass is 10.1. The lowest BCUT2D eigenvalue weighted by Gasteiger charge is -2.25. The number of nitrogens with zero attached hydrogens (tertiary/aromatic N) is 5. The Balaban J connectivity index is 0.00000341. The first-order valence-electron chi connectivity index (χ1n) is 9.88. The summed E-state index contributed by atoms with van der Waals surface area (Å²) < 4.78 is 34.0. The highest BCUT2D eigenvalue weighted by atomic mass is 127. The fraction of sp³-hybridized carbons (Fsp3) is 0.556. The van der Waals surface area contributed by atoms with Crippen LogP contribution in [0.1, 0.15) is 25.0 Å². The van der Waals surface area contributed by atoms with E-state index in [2.05, 4.69) is 35.4 Å². The number of aromatic nitrogens is 4. The van der Waals surface area contributed by atoms with Gasteiger partial charge >= 0.3 is 0 Å². The molecule has 0 spiro atoms. The van der Waals surface area contributed by atoms with E-state index in [0.29, 0.717) is 38.0 Å². The van der Waals surface area contributed by atoms with Gasteiger partial charge in [-0.15, -0.1) is 24.0 Å². The van der Waals surface area contributed by atoms with Crippen molar-refractivity contribution >= 4 is 40.0 Å². The van der Waals surface area contributed by atoms with Gasteiger partial charge in [-0.25, -0.2) is 22.8 Å². The summed E-state index contributed by atoms with van der Waals surface area (Å²) in [6, 6.07) is 3.24. The van der Waals surface area contributed by atoms with Crippen molar-refractivity contribution in [2.75, 3.05) is 26.7 Å². The Labute approximate surface area is 199 Å². The van der Waals surface area contributed by atoms with E-state index < -0.39 is 10.0 Å². The number of aryl methyl sites for hydroxylation is 1. The van der Waals surface area contributed by atoms with Gasteiger partial charge in [0, 0.05) is 45.1 Å². The lowest BCUT2D eigenvalue weighted by Crippen LogP contribution is -2.47. The number of hydrogen-bond donors (Lipinski definition) is 3. The normalized spacial score (nSPS) is 16.3. The van der Waals surface area contributed by atoms with E-state index in [9.17, 15) is 8.42 Å². The standard InChI is InChI=1S/C18H28N8O3S.HI/c1-3-20-18(21-9-10-22-30(27,28)15-5-4-8-19-11-15)23-14-6-7-17-24-16(13-29-2)25-26(17)12-14;/h4-5,8,11,14,22H,3,6-7,9-10,12-13H2,1-2H3,(H2,20,21,23);1H. The van der Waals surface area contributed by atoms with E-state index in [4.69, 9.17) is 4.74 Å². The number of guanidine groups is 1. The van der Waals surface area contributed by atoms with Gasteiger partial charge in [-0.3, -0.25) is 9.98 Å². The fourth-order valence-electron chi connectivity index (χ4n) is 3.12. The zero-order valence-corrected chi connectivity index (χ0v) is 20.8.